The lowest BCUT2D eigenvalue weighted by Crippen LogP contribution is -2.21. The van der Waals surface area contributed by atoms with E-state index < -0.39 is 5.97 Å². The van der Waals surface area contributed by atoms with Crippen LogP contribution in [0.25, 0.3) is 22.5 Å². The summed E-state index contributed by atoms with van der Waals surface area (Å²) in [7, 11) is 4.06. The average Bonchev–Trinajstić information content (AvgIpc) is 3.17. The largest absolute Gasteiger partial charge is 0.492 e. The third-order valence-corrected chi connectivity index (χ3v) is 4.90. The topological polar surface area (TPSA) is 78.5 Å². The van der Waals surface area contributed by atoms with Gasteiger partial charge in [-0.25, -0.2) is 4.79 Å². The summed E-state index contributed by atoms with van der Waals surface area (Å²) in [5.41, 5.74) is 4.88. The second-order valence-electron chi connectivity index (χ2n) is 8.66. The second-order valence-corrected chi connectivity index (χ2v) is 8.66. The molecule has 0 aliphatic heterocycles. The van der Waals surface area contributed by atoms with Crippen LogP contribution in [0.4, 0.5) is 0 Å². The molecule has 0 aliphatic rings. The number of nitrogens with one attached hydrogen (secondary N) is 1. The van der Waals surface area contributed by atoms with Crippen molar-refractivity contribution in [3.05, 3.63) is 59.7 Å². The Hall–Kier alpha value is -3.12. The van der Waals surface area contributed by atoms with Crippen LogP contribution in [0.3, 0.4) is 0 Å². The van der Waals surface area contributed by atoms with E-state index >= 15 is 0 Å². The summed E-state index contributed by atoms with van der Waals surface area (Å²) in [5.74, 6) is -0.0393. The number of nitrogens with zero attached hydrogens (tertiary/aromatic N) is 2. The van der Waals surface area contributed by atoms with E-state index in [2.05, 4.69) is 41.9 Å². The van der Waals surface area contributed by atoms with Crippen molar-refractivity contribution >= 4 is 5.97 Å². The molecule has 0 radical (unpaired) electrons. The molecular formula is C24H29N3O3. The second kappa shape index (κ2) is 8.71. The molecule has 2 aromatic carbocycles. The van der Waals surface area contributed by atoms with E-state index in [4.69, 9.17) is 9.84 Å². The van der Waals surface area contributed by atoms with Crippen molar-refractivity contribution in [3.63, 3.8) is 0 Å². The SMILES string of the molecule is CN(C)CCOc1ccc(-c2cc(-c3ccc(C(=O)O)cc3)[nH]n2)cc1C(C)(C)C. The average molecular weight is 408 g/mol. The van der Waals surface area contributed by atoms with Gasteiger partial charge in [-0.3, -0.25) is 5.10 Å². The number of aromatic carboxylic acids is 1. The maximum Gasteiger partial charge on any atom is 0.335 e. The van der Waals surface area contributed by atoms with E-state index in [1.54, 1.807) is 24.3 Å². The number of ether oxygens (including phenoxy) is 1. The number of aromatic amines is 1. The summed E-state index contributed by atoms with van der Waals surface area (Å²) in [6.45, 7) is 8.00. The van der Waals surface area contributed by atoms with Crippen LogP contribution in [-0.2, 0) is 5.41 Å². The van der Waals surface area contributed by atoms with Gasteiger partial charge in [-0.15, -0.1) is 0 Å². The van der Waals surface area contributed by atoms with Gasteiger partial charge in [0.15, 0.2) is 0 Å². The zero-order chi connectivity index (χ0) is 21.9. The van der Waals surface area contributed by atoms with E-state index in [9.17, 15) is 4.79 Å². The molecule has 0 aliphatic carbocycles. The molecule has 0 atom stereocenters. The first-order valence-electron chi connectivity index (χ1n) is 9.97. The Bertz CT molecular complexity index is 1010. The van der Waals surface area contributed by atoms with Gasteiger partial charge in [-0.05, 0) is 61.5 Å². The normalized spacial score (nSPS) is 11.7. The van der Waals surface area contributed by atoms with Crippen LogP contribution in [0.1, 0.15) is 36.7 Å². The Morgan fingerprint density at radius 2 is 1.73 bits per heavy atom. The van der Waals surface area contributed by atoms with Crippen LogP contribution < -0.4 is 4.74 Å². The number of aromatic nitrogens is 2. The van der Waals surface area contributed by atoms with Gasteiger partial charge in [0, 0.05) is 17.7 Å². The molecule has 3 rings (SSSR count). The number of hydrogen-bond donors (Lipinski definition) is 2. The highest BCUT2D eigenvalue weighted by molar-refractivity contribution is 5.88. The Morgan fingerprint density at radius 3 is 2.33 bits per heavy atom. The molecule has 1 aromatic heterocycles. The van der Waals surface area contributed by atoms with Crippen molar-refractivity contribution in [1.82, 2.24) is 15.1 Å². The van der Waals surface area contributed by atoms with E-state index in [1.807, 2.05) is 32.3 Å². The maximum atomic E-state index is 11.0. The lowest BCUT2D eigenvalue weighted by molar-refractivity contribution is 0.0697. The molecule has 6 heteroatoms. The van der Waals surface area contributed by atoms with Crippen molar-refractivity contribution in [2.24, 2.45) is 0 Å². The van der Waals surface area contributed by atoms with E-state index in [0.717, 1.165) is 40.4 Å². The highest BCUT2D eigenvalue weighted by atomic mass is 16.5. The molecule has 1 heterocycles. The first-order valence-corrected chi connectivity index (χ1v) is 9.97. The number of rotatable bonds is 7. The van der Waals surface area contributed by atoms with Crippen LogP contribution in [-0.4, -0.2) is 53.4 Å². The van der Waals surface area contributed by atoms with Crippen LogP contribution in [0.2, 0.25) is 0 Å². The van der Waals surface area contributed by atoms with Gasteiger partial charge < -0.3 is 14.7 Å². The quantitative estimate of drug-likeness (QED) is 0.595. The predicted octanol–water partition coefficient (Wildman–Crippen LogP) is 4.68. The number of H-pyrrole nitrogens is 1. The molecule has 6 nitrogen and oxygen atoms in total. The molecule has 0 unspecified atom stereocenters. The Morgan fingerprint density at radius 1 is 1.07 bits per heavy atom. The number of carboxylic acids is 1. The summed E-state index contributed by atoms with van der Waals surface area (Å²) < 4.78 is 6.05. The summed E-state index contributed by atoms with van der Waals surface area (Å²) in [6, 6.07) is 14.9. The van der Waals surface area contributed by atoms with Crippen LogP contribution >= 0.6 is 0 Å². The first kappa shape index (κ1) is 21.6. The highest BCUT2D eigenvalue weighted by Crippen LogP contribution is 2.35. The third-order valence-electron chi connectivity index (χ3n) is 4.90. The lowest BCUT2D eigenvalue weighted by Gasteiger charge is -2.24. The first-order chi connectivity index (χ1) is 14.1. The van der Waals surface area contributed by atoms with Crippen molar-refractivity contribution in [2.45, 2.75) is 26.2 Å². The molecule has 0 spiro atoms. The van der Waals surface area contributed by atoms with Gasteiger partial charge in [0.2, 0.25) is 0 Å². The fourth-order valence-corrected chi connectivity index (χ4v) is 3.15. The molecule has 3 aromatic rings. The highest BCUT2D eigenvalue weighted by Gasteiger charge is 2.21. The Balaban J connectivity index is 1.88. The Kier molecular flexibility index (Phi) is 6.27. The van der Waals surface area contributed by atoms with Crippen LogP contribution in [0.5, 0.6) is 5.75 Å². The zero-order valence-electron chi connectivity index (χ0n) is 18.2. The van der Waals surface area contributed by atoms with Crippen LogP contribution in [0.15, 0.2) is 48.5 Å². The molecule has 158 valence electrons. The molecule has 30 heavy (non-hydrogen) atoms. The molecule has 2 N–H and O–H groups in total. The van der Waals surface area contributed by atoms with Crippen molar-refractivity contribution < 1.29 is 14.6 Å². The smallest absolute Gasteiger partial charge is 0.335 e. The number of benzene rings is 2. The fraction of sp³-hybridized carbons (Fsp3) is 0.333. The summed E-state index contributed by atoms with van der Waals surface area (Å²) in [4.78, 5) is 13.1. The van der Waals surface area contributed by atoms with E-state index in [0.29, 0.717) is 6.61 Å². The molecule has 0 amide bonds. The monoisotopic (exact) mass is 407 g/mol. The van der Waals surface area contributed by atoms with Gasteiger partial charge in [-0.1, -0.05) is 32.9 Å². The minimum Gasteiger partial charge on any atom is -0.492 e. The molecule has 0 saturated carbocycles. The summed E-state index contributed by atoms with van der Waals surface area (Å²) in [5, 5.41) is 16.6. The molecule has 0 fully saturated rings. The van der Waals surface area contributed by atoms with Gasteiger partial charge in [0.05, 0.1) is 17.0 Å². The standard InChI is InChI=1S/C24H29N3O3/c1-24(2,3)19-14-18(10-11-22(19)30-13-12-27(4)5)21-15-20(25-26-21)16-6-8-17(9-7-16)23(28)29/h6-11,14-15H,12-13H2,1-5H3,(H,25,26)(H,28,29). The van der Waals surface area contributed by atoms with Crippen LogP contribution in [0, 0.1) is 0 Å². The number of likely N-dealkylation sites (N-methyl/N-ethyl adjacent to an activating group) is 1. The predicted molar refractivity (Wildman–Crippen MR) is 119 cm³/mol. The molecule has 0 bridgehead atoms. The molecule has 0 saturated heterocycles. The van der Waals surface area contributed by atoms with E-state index in [-0.39, 0.29) is 11.0 Å². The van der Waals surface area contributed by atoms with Gasteiger partial charge in [0.1, 0.15) is 12.4 Å². The summed E-state index contributed by atoms with van der Waals surface area (Å²) in [6.07, 6.45) is 0. The van der Waals surface area contributed by atoms with Gasteiger partial charge in [-0.2, -0.15) is 5.10 Å². The maximum absolute atomic E-state index is 11.0. The van der Waals surface area contributed by atoms with Gasteiger partial charge >= 0.3 is 5.97 Å². The van der Waals surface area contributed by atoms with Crippen molar-refractivity contribution in [1.29, 1.82) is 0 Å². The molecular weight excluding hydrogens is 378 g/mol. The minimum atomic E-state index is -0.936. The number of carbonyl (C=O) groups is 1. The third kappa shape index (κ3) is 5.07. The van der Waals surface area contributed by atoms with Crippen molar-refractivity contribution in [2.75, 3.05) is 27.2 Å². The fourth-order valence-electron chi connectivity index (χ4n) is 3.15. The summed E-state index contributed by atoms with van der Waals surface area (Å²) >= 11 is 0. The van der Waals surface area contributed by atoms with Gasteiger partial charge in [0.25, 0.3) is 0 Å². The number of hydrogen-bond acceptors (Lipinski definition) is 4. The Labute approximate surface area is 177 Å². The minimum absolute atomic E-state index is 0.0741. The lowest BCUT2D eigenvalue weighted by atomic mass is 9.85. The number of carboxylic acid groups (broad SMARTS) is 1. The van der Waals surface area contributed by atoms with E-state index in [1.165, 1.54) is 0 Å². The zero-order valence-corrected chi connectivity index (χ0v) is 18.2. The van der Waals surface area contributed by atoms with Crippen molar-refractivity contribution in [3.8, 4) is 28.3 Å².